The second-order valence-corrected chi connectivity index (χ2v) is 22.2. The number of hydrogen-bond acceptors (Lipinski definition) is 2. The molecule has 0 aliphatic rings. The van der Waals surface area contributed by atoms with Crippen LogP contribution in [-0.4, -0.2) is 33.0 Å². The maximum Gasteiger partial charge on any atom is 2.00 e. The molecule has 2 aromatic heterocycles. The molecular weight excluding hydrogens is 1110 g/mol. The molecule has 5 aromatic rings. The summed E-state index contributed by atoms with van der Waals surface area (Å²) in [7, 11) is 0. The molecule has 342 valence electrons. The summed E-state index contributed by atoms with van der Waals surface area (Å²) >= 11 is 13.7. The summed E-state index contributed by atoms with van der Waals surface area (Å²) in [6.45, 7) is 40.6. The van der Waals surface area contributed by atoms with E-state index < -0.39 is 0 Å². The molecule has 5 rings (SSSR count). The predicted molar refractivity (Wildman–Crippen MR) is 289 cm³/mol. The molecule has 0 N–H and O–H groups in total. The summed E-state index contributed by atoms with van der Waals surface area (Å²) in [5, 5.41) is 0. The van der Waals surface area contributed by atoms with Gasteiger partial charge in [0, 0.05) is 10.0 Å². The number of halogens is 5. The third-order valence-corrected chi connectivity index (χ3v) is 12.9. The molecule has 0 amide bonds. The Morgan fingerprint density at radius 1 is 0.381 bits per heavy atom. The van der Waals surface area contributed by atoms with Crippen molar-refractivity contribution in [3.05, 3.63) is 147 Å². The molecule has 0 radical (unpaired) electrons. The van der Waals surface area contributed by atoms with Gasteiger partial charge in [-0.1, -0.05) is 177 Å². The van der Waals surface area contributed by atoms with Crippen molar-refractivity contribution in [2.24, 2.45) is 0 Å². The molecule has 0 aliphatic carbocycles. The van der Waals surface area contributed by atoms with Crippen LogP contribution in [0.5, 0.6) is 0 Å². The fourth-order valence-electron chi connectivity index (χ4n) is 6.65. The van der Waals surface area contributed by atoms with Gasteiger partial charge >= 0.3 is 23.1 Å². The van der Waals surface area contributed by atoms with Crippen LogP contribution in [0, 0.1) is 6.07 Å². The Morgan fingerprint density at radius 2 is 0.683 bits per heavy atom. The molecule has 63 heavy (non-hydrogen) atoms. The molecule has 0 saturated carbocycles. The third-order valence-electron chi connectivity index (χ3n) is 10.7. The maximum atomic E-state index is 4.72. The van der Waals surface area contributed by atoms with Crippen LogP contribution in [-0.2, 0) is 0 Å². The Bertz CT molecular complexity index is 1980. The zero-order valence-electron chi connectivity index (χ0n) is 41.6. The number of nitrogens with zero attached hydrogens (tertiary/aromatic N) is 2. The standard InChI is InChI=1S/C20H26BrN.C15H23Br.C15H23.C5H3Br2N.BrH.Mg/c1-12(2)15-10-16(13(3)4)20(17(11-15)14(5)6)18-8-7-9-19(21)22-18;1-9(2)12-7-13(10(3)4)15(16)14(8-12)11(5)6;1-10(2)13-7-14(11(3)4)9-15(8-13)12(5)6;6-4-2-1-3-5(7)8-4;;/h7-14H,1-6H3;7-11H,1-6H3;7-8,10-12H,1-6H3;1-3H;1H;/q;;-1;;;+2/p-1. The molecule has 0 atom stereocenters. The van der Waals surface area contributed by atoms with Crippen LogP contribution >= 0.6 is 63.7 Å². The van der Waals surface area contributed by atoms with Crippen molar-refractivity contribution in [3.8, 4) is 11.3 Å². The molecule has 0 spiro atoms. The molecule has 3 aromatic carbocycles. The Labute approximate surface area is 445 Å². The quantitative estimate of drug-likeness (QED) is 0.0791. The Hall–Kier alpha value is -0.874. The first-order valence-corrected chi connectivity index (χ1v) is 25.5. The normalized spacial score (nSPS) is 11.1. The van der Waals surface area contributed by atoms with E-state index in [4.69, 9.17) is 4.98 Å². The van der Waals surface area contributed by atoms with E-state index in [2.05, 4.69) is 248 Å². The molecule has 0 bridgehead atoms. The number of pyridine rings is 2. The minimum absolute atomic E-state index is 0. The summed E-state index contributed by atoms with van der Waals surface area (Å²) in [4.78, 5) is 8.73. The molecule has 0 aliphatic heterocycles. The van der Waals surface area contributed by atoms with Gasteiger partial charge in [0.2, 0.25) is 0 Å². The zero-order chi connectivity index (χ0) is 46.5. The van der Waals surface area contributed by atoms with Gasteiger partial charge in [0.1, 0.15) is 13.8 Å². The van der Waals surface area contributed by atoms with Crippen molar-refractivity contribution in [1.29, 1.82) is 0 Å². The van der Waals surface area contributed by atoms with Gasteiger partial charge in [-0.15, -0.1) is 0 Å². The Kier molecular flexibility index (Phi) is 29.4. The van der Waals surface area contributed by atoms with Gasteiger partial charge < -0.3 is 17.0 Å². The second kappa shape index (κ2) is 29.8. The Balaban J connectivity index is 0.000000843. The van der Waals surface area contributed by atoms with Crippen molar-refractivity contribution in [1.82, 2.24) is 9.97 Å². The molecule has 2 heterocycles. The first-order chi connectivity index (χ1) is 28.3. The van der Waals surface area contributed by atoms with E-state index in [1.54, 1.807) is 0 Å². The molecule has 0 saturated heterocycles. The van der Waals surface area contributed by atoms with Crippen LogP contribution in [0.15, 0.2) is 91.1 Å². The fourth-order valence-corrected chi connectivity index (χ4v) is 9.06. The summed E-state index contributed by atoms with van der Waals surface area (Å²) in [6, 6.07) is 29.4. The van der Waals surface area contributed by atoms with Gasteiger partial charge in [-0.2, -0.15) is 34.9 Å². The van der Waals surface area contributed by atoms with Gasteiger partial charge in [-0.3, -0.25) is 0 Å². The smallest absolute Gasteiger partial charge is 1.00 e. The molecule has 8 heteroatoms. The molecule has 0 unspecified atom stereocenters. The van der Waals surface area contributed by atoms with E-state index in [1.807, 2.05) is 24.3 Å². The zero-order valence-corrected chi connectivity index (χ0v) is 51.0. The van der Waals surface area contributed by atoms with E-state index in [-0.39, 0.29) is 40.0 Å². The number of benzene rings is 3. The minimum Gasteiger partial charge on any atom is -1.00 e. The Morgan fingerprint density at radius 3 is 0.952 bits per heavy atom. The summed E-state index contributed by atoms with van der Waals surface area (Å²) in [5.74, 6) is 5.00. The van der Waals surface area contributed by atoms with Crippen molar-refractivity contribution in [2.45, 2.75) is 178 Å². The fraction of sp³-hybridized carbons (Fsp3) is 0.491. The van der Waals surface area contributed by atoms with E-state index in [9.17, 15) is 0 Å². The molecule has 0 fully saturated rings. The molecular formula is C55H75Br5MgN2. The minimum atomic E-state index is 0. The average molecular weight is 1190 g/mol. The van der Waals surface area contributed by atoms with Gasteiger partial charge in [-0.25, -0.2) is 9.97 Å². The monoisotopic (exact) mass is 1180 g/mol. The SMILES string of the molecule is Brc1cccc(Br)n1.CC(C)c1[c-]c(C(C)C)cc(C(C)C)c1.CC(C)c1cc(C(C)C)c(-c2cccc(Br)n2)c(C(C)C)c1.CC(C)c1cc(C(C)C)c(Br)c(C(C)C)c1.[Br-].[Mg+2]. The van der Waals surface area contributed by atoms with Crippen LogP contribution < -0.4 is 17.0 Å². The topological polar surface area (TPSA) is 25.8 Å². The van der Waals surface area contributed by atoms with Gasteiger partial charge in [-0.05, 0) is 159 Å². The largest absolute Gasteiger partial charge is 2.00 e. The summed E-state index contributed by atoms with van der Waals surface area (Å²) in [5.41, 5.74) is 15.1. The first kappa shape index (κ1) is 62.1. The van der Waals surface area contributed by atoms with Gasteiger partial charge in [0.05, 0.1) is 5.69 Å². The van der Waals surface area contributed by atoms with Gasteiger partial charge in [0.15, 0.2) is 0 Å². The van der Waals surface area contributed by atoms with Crippen LogP contribution in [0.4, 0.5) is 0 Å². The van der Waals surface area contributed by atoms with E-state index in [0.29, 0.717) is 53.3 Å². The van der Waals surface area contributed by atoms with Gasteiger partial charge in [0.25, 0.3) is 0 Å². The number of aromatic nitrogens is 2. The predicted octanol–water partition coefficient (Wildman–Crippen LogP) is 16.8. The van der Waals surface area contributed by atoms with Crippen molar-refractivity contribution in [2.75, 3.05) is 0 Å². The average Bonchev–Trinajstić information content (AvgIpc) is 3.17. The third kappa shape index (κ3) is 20.1. The summed E-state index contributed by atoms with van der Waals surface area (Å²) < 4.78 is 3.91. The van der Waals surface area contributed by atoms with Crippen molar-refractivity contribution < 1.29 is 17.0 Å². The van der Waals surface area contributed by atoms with Crippen LogP contribution in [0.1, 0.15) is 228 Å². The van der Waals surface area contributed by atoms with E-state index >= 15 is 0 Å². The number of rotatable bonds is 10. The van der Waals surface area contributed by atoms with Crippen LogP contribution in [0.25, 0.3) is 11.3 Å². The number of hydrogen-bond donors (Lipinski definition) is 0. The first-order valence-electron chi connectivity index (χ1n) is 22.3. The van der Waals surface area contributed by atoms with E-state index in [1.165, 1.54) is 60.1 Å². The van der Waals surface area contributed by atoms with Crippen molar-refractivity contribution >= 4 is 86.8 Å². The maximum absolute atomic E-state index is 4.72. The molecule has 2 nitrogen and oxygen atoms in total. The second-order valence-electron chi connectivity index (χ2n) is 18.9. The van der Waals surface area contributed by atoms with Crippen LogP contribution in [0.2, 0.25) is 0 Å². The summed E-state index contributed by atoms with van der Waals surface area (Å²) in [6.07, 6.45) is 0. The van der Waals surface area contributed by atoms with Crippen LogP contribution in [0.3, 0.4) is 0 Å². The van der Waals surface area contributed by atoms with E-state index in [0.717, 1.165) is 19.5 Å². The van der Waals surface area contributed by atoms with Crippen molar-refractivity contribution in [3.63, 3.8) is 0 Å².